The fourth-order valence-electron chi connectivity index (χ4n) is 1.23. The Balaban J connectivity index is 3.04. The smallest absolute Gasteiger partial charge is 0.303 e. The maximum atomic E-state index is 13.1. The fraction of sp³-hybridized carbons (Fsp3) is 0.300. The predicted molar refractivity (Wildman–Crippen MR) is 55.5 cm³/mol. The molecule has 0 spiro atoms. The predicted octanol–water partition coefficient (Wildman–Crippen LogP) is 1.25. The van der Waals surface area contributed by atoms with Crippen LogP contribution in [-0.4, -0.2) is 25.7 Å². The molecule has 0 bridgehead atoms. The van der Waals surface area contributed by atoms with Gasteiger partial charge in [0.05, 0.1) is 4.90 Å². The summed E-state index contributed by atoms with van der Waals surface area (Å²) in [6.07, 6.45) is 0.922. The molecule has 0 unspecified atom stereocenters. The van der Waals surface area contributed by atoms with Gasteiger partial charge in [0.15, 0.2) is 9.84 Å². The number of hydrogen-bond donors (Lipinski definition) is 1. The largest absolute Gasteiger partial charge is 0.481 e. The zero-order chi connectivity index (χ0) is 12.3. The van der Waals surface area contributed by atoms with Crippen molar-refractivity contribution in [1.29, 1.82) is 0 Å². The van der Waals surface area contributed by atoms with Crippen molar-refractivity contribution in [1.82, 2.24) is 0 Å². The van der Waals surface area contributed by atoms with Crippen LogP contribution in [0.1, 0.15) is 12.0 Å². The summed E-state index contributed by atoms with van der Waals surface area (Å²) < 4.78 is 35.5. The van der Waals surface area contributed by atoms with Crippen LogP contribution in [0.25, 0.3) is 0 Å². The third-order valence-corrected chi connectivity index (χ3v) is 3.08. The highest BCUT2D eigenvalue weighted by Gasteiger charge is 2.10. The molecule has 0 aliphatic carbocycles. The fourth-order valence-corrected chi connectivity index (χ4v) is 1.92. The molecule has 0 atom stereocenters. The number of carboxylic acids is 1. The van der Waals surface area contributed by atoms with Crippen molar-refractivity contribution in [2.45, 2.75) is 17.7 Å². The van der Waals surface area contributed by atoms with Crippen molar-refractivity contribution < 1.29 is 22.7 Å². The highest BCUT2D eigenvalue weighted by molar-refractivity contribution is 7.90. The first-order valence-electron chi connectivity index (χ1n) is 4.50. The van der Waals surface area contributed by atoms with E-state index in [1.807, 2.05) is 0 Å². The Labute approximate surface area is 92.6 Å². The summed E-state index contributed by atoms with van der Waals surface area (Å²) >= 11 is 0. The molecule has 1 aromatic carbocycles. The van der Waals surface area contributed by atoms with E-state index in [1.54, 1.807) is 0 Å². The molecule has 0 fully saturated rings. The maximum absolute atomic E-state index is 13.1. The Hall–Kier alpha value is -1.43. The van der Waals surface area contributed by atoms with E-state index in [0.717, 1.165) is 18.4 Å². The minimum absolute atomic E-state index is 0.107. The summed E-state index contributed by atoms with van der Waals surface area (Å²) in [4.78, 5) is 10.2. The molecule has 0 radical (unpaired) electrons. The third-order valence-electron chi connectivity index (χ3n) is 1.99. The molecular formula is C10H11FO4S. The molecule has 1 aromatic rings. The Morgan fingerprint density at radius 1 is 1.38 bits per heavy atom. The van der Waals surface area contributed by atoms with Gasteiger partial charge in [-0.1, -0.05) is 0 Å². The van der Waals surface area contributed by atoms with Crippen LogP contribution < -0.4 is 0 Å². The van der Waals surface area contributed by atoms with E-state index >= 15 is 0 Å². The van der Waals surface area contributed by atoms with Crippen LogP contribution in [0.4, 0.5) is 4.39 Å². The number of sulfone groups is 1. The standard InChI is InChI=1S/C10H11FO4S/c1-16(14,15)9-5-7(2-3-10(12)13)4-8(11)6-9/h4-6H,2-3H2,1H3,(H,12,13). The minimum atomic E-state index is -3.47. The van der Waals surface area contributed by atoms with Gasteiger partial charge in [0, 0.05) is 12.7 Å². The number of rotatable bonds is 4. The van der Waals surface area contributed by atoms with E-state index in [-0.39, 0.29) is 17.7 Å². The summed E-state index contributed by atoms with van der Waals surface area (Å²) in [5, 5.41) is 8.46. The van der Waals surface area contributed by atoms with Gasteiger partial charge in [0.25, 0.3) is 0 Å². The molecule has 0 aliphatic rings. The summed E-state index contributed by atoms with van der Waals surface area (Å²) in [7, 11) is -3.47. The van der Waals surface area contributed by atoms with E-state index in [1.165, 1.54) is 6.07 Å². The molecule has 0 amide bonds. The second-order valence-corrected chi connectivity index (χ2v) is 5.48. The third kappa shape index (κ3) is 3.62. The highest BCUT2D eigenvalue weighted by Crippen LogP contribution is 2.15. The van der Waals surface area contributed by atoms with Gasteiger partial charge >= 0.3 is 5.97 Å². The van der Waals surface area contributed by atoms with Crippen LogP contribution >= 0.6 is 0 Å². The molecule has 16 heavy (non-hydrogen) atoms. The van der Waals surface area contributed by atoms with Gasteiger partial charge in [-0.05, 0) is 30.2 Å². The van der Waals surface area contributed by atoms with Crippen LogP contribution in [0.5, 0.6) is 0 Å². The normalized spacial score (nSPS) is 11.4. The van der Waals surface area contributed by atoms with Gasteiger partial charge < -0.3 is 5.11 Å². The van der Waals surface area contributed by atoms with Crippen LogP contribution in [0, 0.1) is 5.82 Å². The molecule has 1 N–H and O–H groups in total. The SMILES string of the molecule is CS(=O)(=O)c1cc(F)cc(CCC(=O)O)c1. The maximum Gasteiger partial charge on any atom is 0.303 e. The highest BCUT2D eigenvalue weighted by atomic mass is 32.2. The van der Waals surface area contributed by atoms with Crippen LogP contribution in [0.15, 0.2) is 23.1 Å². The molecule has 0 saturated carbocycles. The number of aryl methyl sites for hydroxylation is 1. The van der Waals surface area contributed by atoms with Crippen molar-refractivity contribution >= 4 is 15.8 Å². The molecule has 1 rings (SSSR count). The van der Waals surface area contributed by atoms with Crippen molar-refractivity contribution in [2.75, 3.05) is 6.26 Å². The van der Waals surface area contributed by atoms with Gasteiger partial charge in [-0.3, -0.25) is 4.79 Å². The second-order valence-electron chi connectivity index (χ2n) is 3.46. The molecule has 0 aliphatic heterocycles. The number of hydrogen-bond acceptors (Lipinski definition) is 3. The van der Waals surface area contributed by atoms with E-state index < -0.39 is 21.6 Å². The lowest BCUT2D eigenvalue weighted by Gasteiger charge is -2.03. The number of halogens is 1. The van der Waals surface area contributed by atoms with E-state index in [0.29, 0.717) is 5.56 Å². The topological polar surface area (TPSA) is 71.4 Å². The Bertz CT molecular complexity index is 508. The van der Waals surface area contributed by atoms with E-state index in [4.69, 9.17) is 5.11 Å². The lowest BCUT2D eigenvalue weighted by Crippen LogP contribution is -2.02. The molecule has 88 valence electrons. The van der Waals surface area contributed by atoms with Crippen LogP contribution in [0.3, 0.4) is 0 Å². The van der Waals surface area contributed by atoms with Gasteiger partial charge in [-0.25, -0.2) is 12.8 Å². The number of carboxylic acid groups (broad SMARTS) is 1. The molecule has 0 saturated heterocycles. The van der Waals surface area contributed by atoms with Gasteiger partial charge in [0.1, 0.15) is 5.82 Å². The molecular weight excluding hydrogens is 235 g/mol. The van der Waals surface area contributed by atoms with Crippen molar-refractivity contribution in [3.63, 3.8) is 0 Å². The van der Waals surface area contributed by atoms with Gasteiger partial charge in [0.2, 0.25) is 0 Å². The molecule has 0 heterocycles. The van der Waals surface area contributed by atoms with Gasteiger partial charge in [-0.15, -0.1) is 0 Å². The average molecular weight is 246 g/mol. The summed E-state index contributed by atoms with van der Waals surface area (Å²) in [6, 6.07) is 3.35. The first-order valence-corrected chi connectivity index (χ1v) is 6.39. The van der Waals surface area contributed by atoms with Gasteiger partial charge in [-0.2, -0.15) is 0 Å². The van der Waals surface area contributed by atoms with Crippen molar-refractivity contribution in [3.8, 4) is 0 Å². The quantitative estimate of drug-likeness (QED) is 0.867. The second kappa shape index (κ2) is 4.61. The monoisotopic (exact) mass is 246 g/mol. The minimum Gasteiger partial charge on any atom is -0.481 e. The summed E-state index contributed by atoms with van der Waals surface area (Å²) in [6.45, 7) is 0. The first kappa shape index (κ1) is 12.6. The van der Waals surface area contributed by atoms with E-state index in [9.17, 15) is 17.6 Å². The molecule has 4 nitrogen and oxygen atoms in total. The first-order chi connectivity index (χ1) is 7.29. The zero-order valence-electron chi connectivity index (χ0n) is 8.60. The Kier molecular flexibility index (Phi) is 3.64. The molecule has 6 heteroatoms. The number of benzene rings is 1. The zero-order valence-corrected chi connectivity index (χ0v) is 9.42. The number of carbonyl (C=O) groups is 1. The van der Waals surface area contributed by atoms with Crippen LogP contribution in [-0.2, 0) is 21.1 Å². The lowest BCUT2D eigenvalue weighted by atomic mass is 10.1. The van der Waals surface area contributed by atoms with Crippen molar-refractivity contribution in [2.24, 2.45) is 0 Å². The summed E-state index contributed by atoms with van der Waals surface area (Å²) in [5.41, 5.74) is 0.364. The van der Waals surface area contributed by atoms with E-state index in [2.05, 4.69) is 0 Å². The number of aliphatic carboxylic acids is 1. The summed E-state index contributed by atoms with van der Waals surface area (Å²) in [5.74, 6) is -1.69. The average Bonchev–Trinajstić information content (AvgIpc) is 2.12. The van der Waals surface area contributed by atoms with Crippen LogP contribution in [0.2, 0.25) is 0 Å². The Morgan fingerprint density at radius 2 is 2.00 bits per heavy atom. The molecule has 0 aromatic heterocycles. The Morgan fingerprint density at radius 3 is 2.50 bits per heavy atom. The lowest BCUT2D eigenvalue weighted by molar-refractivity contribution is -0.136. The van der Waals surface area contributed by atoms with Crippen molar-refractivity contribution in [3.05, 3.63) is 29.6 Å².